The number of nitrogens with one attached hydrogen (secondary N) is 8. The van der Waals surface area contributed by atoms with Crippen molar-refractivity contribution in [1.29, 1.82) is 0 Å². The lowest BCUT2D eigenvalue weighted by Crippen LogP contribution is -2.55. The third kappa shape index (κ3) is 18.7. The molecule has 2 saturated heterocycles. The number of ether oxygens (including phenoxy) is 1. The monoisotopic (exact) mass is 1200 g/mol. The van der Waals surface area contributed by atoms with Crippen molar-refractivity contribution in [3.63, 3.8) is 0 Å². The smallest absolute Gasteiger partial charge is 0.243 e. The molecule has 10 atom stereocenters. The number of benzene rings is 1. The van der Waals surface area contributed by atoms with E-state index in [1.807, 2.05) is 0 Å². The number of Topliss-reactive ketones (excluding diaryl/α,β-unsaturated/α-hetero) is 3. The van der Waals surface area contributed by atoms with E-state index in [-0.39, 0.29) is 87.0 Å². The Kier molecular flexibility index (Phi) is 25.1. The quantitative estimate of drug-likeness (QED) is 0.0824. The van der Waals surface area contributed by atoms with E-state index in [1.165, 1.54) is 0 Å². The summed E-state index contributed by atoms with van der Waals surface area (Å²) < 4.78 is 5.52. The van der Waals surface area contributed by atoms with Crippen molar-refractivity contribution in [2.75, 3.05) is 62.5 Å². The van der Waals surface area contributed by atoms with Crippen LogP contribution in [-0.2, 0) is 75.1 Å². The Morgan fingerprint density at radius 2 is 1.54 bits per heavy atom. The number of amides is 9. The molecular weight excluding hydrogens is 1120 g/mol. The molecule has 2 fully saturated rings. The molecule has 9 amide bonds. The van der Waals surface area contributed by atoms with Gasteiger partial charge < -0.3 is 62.7 Å². The lowest BCUT2D eigenvalue weighted by molar-refractivity contribution is -0.145. The van der Waals surface area contributed by atoms with Gasteiger partial charge in [0, 0.05) is 98.0 Å². The molecule has 0 spiro atoms. The molecule has 27 heteroatoms. The average molecular weight is 1200 g/mol. The molecule has 0 aliphatic carbocycles. The molecule has 6 rings (SSSR count). The van der Waals surface area contributed by atoms with E-state index in [2.05, 4.69) is 42.2 Å². The SMILES string of the molecule is CCC(C)[C@@H]1NC(=O)[C@@H]2C[C@@H](O)CN2C(=O)[C@H](CC(N)=O)CC(=O)[C@@H]2CSc3[nH]c4ccc(CC(=O)CCCNC(=O)CCOCCNC(=O)C5CSCS5)cc4c3C[C@H](CC1=O)C(=O)NCC(=O)N[C@@H]([C@@H](C)CC)C(=O)NCC(=O)N2. The summed E-state index contributed by atoms with van der Waals surface area (Å²) in [6.45, 7) is 6.47. The molecule has 11 N–H and O–H groups in total. The minimum Gasteiger partial charge on any atom is -0.391 e. The number of thioether (sulfide) groups is 3. The van der Waals surface area contributed by atoms with Crippen LogP contribution in [0.5, 0.6) is 0 Å². The van der Waals surface area contributed by atoms with Crippen LogP contribution in [0.3, 0.4) is 0 Å². The number of aliphatic hydroxyl groups is 1. The maximum Gasteiger partial charge on any atom is 0.243 e. The number of carbonyl (C=O) groups excluding carboxylic acids is 12. The number of hydrogen-bond acceptors (Lipinski definition) is 17. The van der Waals surface area contributed by atoms with Crippen LogP contribution in [0.2, 0.25) is 0 Å². The van der Waals surface area contributed by atoms with Gasteiger partial charge in [-0.25, -0.2) is 0 Å². The van der Waals surface area contributed by atoms with Gasteiger partial charge in [0.1, 0.15) is 17.9 Å². The van der Waals surface area contributed by atoms with Crippen molar-refractivity contribution in [3.8, 4) is 0 Å². The van der Waals surface area contributed by atoms with Gasteiger partial charge in [-0.05, 0) is 47.9 Å². The number of hydrogen-bond donors (Lipinski definition) is 10. The lowest BCUT2D eigenvalue weighted by atomic mass is 9.86. The van der Waals surface area contributed by atoms with Crippen molar-refractivity contribution < 1.29 is 67.4 Å². The van der Waals surface area contributed by atoms with E-state index >= 15 is 0 Å². The van der Waals surface area contributed by atoms with Gasteiger partial charge in [-0.15, -0.1) is 35.3 Å². The first-order chi connectivity index (χ1) is 39.1. The largest absolute Gasteiger partial charge is 0.391 e. The summed E-state index contributed by atoms with van der Waals surface area (Å²) in [4.78, 5) is 169. The summed E-state index contributed by atoms with van der Waals surface area (Å²) in [5.41, 5.74) is 7.26. The van der Waals surface area contributed by atoms with E-state index in [4.69, 9.17) is 10.5 Å². The number of carbonyl (C=O) groups is 12. The molecule has 0 saturated carbocycles. The topological polar surface area (TPSA) is 364 Å². The van der Waals surface area contributed by atoms with Crippen LogP contribution < -0.4 is 43.0 Å². The minimum atomic E-state index is -1.45. The van der Waals surface area contributed by atoms with Gasteiger partial charge in [0.25, 0.3) is 0 Å². The second kappa shape index (κ2) is 31.6. The zero-order chi connectivity index (χ0) is 59.6. The molecule has 5 heterocycles. The third-order valence-electron chi connectivity index (χ3n) is 15.2. The second-order valence-corrected chi connectivity index (χ2v) is 25.1. The number of H-pyrrole nitrogens is 1. The highest BCUT2D eigenvalue weighted by Gasteiger charge is 2.44. The highest BCUT2D eigenvalue weighted by Crippen LogP contribution is 2.35. The molecule has 450 valence electrons. The fourth-order valence-corrected chi connectivity index (χ4v) is 14.0. The Hall–Kier alpha value is -6.03. The second-order valence-electron chi connectivity index (χ2n) is 21.5. The maximum atomic E-state index is 14.8. The van der Waals surface area contributed by atoms with Crippen LogP contribution in [0.25, 0.3) is 10.9 Å². The summed E-state index contributed by atoms with van der Waals surface area (Å²) >= 11 is 4.40. The van der Waals surface area contributed by atoms with Gasteiger partial charge in [0.15, 0.2) is 11.6 Å². The Bertz CT molecular complexity index is 2700. The predicted octanol–water partition coefficient (Wildman–Crippen LogP) is -0.0663. The molecule has 24 nitrogen and oxygen atoms in total. The Morgan fingerprint density at radius 1 is 0.817 bits per heavy atom. The van der Waals surface area contributed by atoms with Gasteiger partial charge >= 0.3 is 0 Å². The first kappa shape index (κ1) is 65.1. The number of nitrogens with zero attached hydrogens (tertiary/aromatic N) is 1. The number of fused-ring (bicyclic) bond motifs is 5. The van der Waals surface area contributed by atoms with Crippen molar-refractivity contribution in [3.05, 3.63) is 29.3 Å². The fourth-order valence-electron chi connectivity index (χ4n) is 10.2. The van der Waals surface area contributed by atoms with Crippen LogP contribution in [0.15, 0.2) is 23.2 Å². The first-order valence-electron chi connectivity index (χ1n) is 28.0. The summed E-state index contributed by atoms with van der Waals surface area (Å²) in [5, 5.41) is 31.6. The molecule has 1 aromatic heterocycles. The van der Waals surface area contributed by atoms with Gasteiger partial charge in [-0.1, -0.05) is 46.6 Å². The van der Waals surface area contributed by atoms with Crippen molar-refractivity contribution >= 4 is 117 Å². The number of aliphatic hydroxyl groups excluding tert-OH is 1. The standard InChI is InChI=1S/C55H78N10O14S3/c1-5-29(3)48-42(69)19-32-18-37-36-17-31(16-34(66)8-7-12-57-45(71)11-14-79-15-13-58-52(76)43-27-80-28-82-43)9-10-38(36)62-54(37)81-26-39(61-46(72)23-60-53(77)49(30(4)6-2)63-47(73)24-59-50(32)74)41(68)20-33(21-44(56)70)55(78)65-25-35(67)22-40(65)51(75)64-48/h9-10,17,29-30,32-33,35,39-40,43,48-49,62,67H,5-8,11-16,18-28H2,1-4H3,(H2,56,70)(H,57,71)(H,58,76)(H,59,74)(H,60,77)(H,61,72)(H,63,73)(H,64,75)/t29?,30-,32+,33-,35+,39-,40-,43?,48-,49-/m0/s1. The number of primary amides is 1. The highest BCUT2D eigenvalue weighted by atomic mass is 32.2. The van der Waals surface area contributed by atoms with Gasteiger partial charge in [0.05, 0.1) is 60.7 Å². The van der Waals surface area contributed by atoms with E-state index in [0.717, 1.165) is 27.5 Å². The van der Waals surface area contributed by atoms with Crippen molar-refractivity contribution in [1.82, 2.24) is 47.1 Å². The predicted molar refractivity (Wildman–Crippen MR) is 308 cm³/mol. The molecule has 1 aromatic carbocycles. The third-order valence-corrected chi connectivity index (χ3v) is 19.1. The zero-order valence-corrected chi connectivity index (χ0v) is 49.3. The molecule has 2 bridgehead atoms. The van der Waals surface area contributed by atoms with Crippen molar-refractivity contribution in [2.24, 2.45) is 29.4 Å². The molecular formula is C55H78N10O14S3. The normalized spacial score (nSPS) is 25.4. The Morgan fingerprint density at radius 3 is 2.24 bits per heavy atom. The number of nitrogens with two attached hydrogens (primary N) is 1. The molecule has 0 radical (unpaired) electrons. The van der Waals surface area contributed by atoms with E-state index in [1.54, 1.807) is 69.4 Å². The number of rotatable bonds is 19. The minimum absolute atomic E-state index is 0.00907. The summed E-state index contributed by atoms with van der Waals surface area (Å²) in [7, 11) is 0. The van der Waals surface area contributed by atoms with E-state index in [0.29, 0.717) is 52.9 Å². The molecule has 82 heavy (non-hydrogen) atoms. The fraction of sp³-hybridized carbons (Fsp3) is 0.636. The van der Waals surface area contributed by atoms with Gasteiger partial charge in [0.2, 0.25) is 53.2 Å². The number of ketones is 3. The summed E-state index contributed by atoms with van der Waals surface area (Å²) in [6.07, 6.45) is -1.98. The Labute approximate surface area is 489 Å². The van der Waals surface area contributed by atoms with Crippen LogP contribution in [-0.4, -0.2) is 184 Å². The first-order valence-corrected chi connectivity index (χ1v) is 31.2. The molecule has 4 aliphatic rings. The van der Waals surface area contributed by atoms with Gasteiger partial charge in [-0.3, -0.25) is 57.5 Å². The van der Waals surface area contributed by atoms with E-state index in [9.17, 15) is 62.6 Å². The average Bonchev–Trinajstić information content (AvgIpc) is 4.25. The lowest BCUT2D eigenvalue weighted by Gasteiger charge is -2.31. The van der Waals surface area contributed by atoms with Gasteiger partial charge in [-0.2, -0.15) is 0 Å². The summed E-state index contributed by atoms with van der Waals surface area (Å²) in [5.74, 6) is -10.3. The van der Waals surface area contributed by atoms with Crippen LogP contribution in [0, 0.1) is 23.7 Å². The van der Waals surface area contributed by atoms with Crippen LogP contribution in [0.1, 0.15) is 96.6 Å². The zero-order valence-electron chi connectivity index (χ0n) is 46.9. The van der Waals surface area contributed by atoms with Crippen LogP contribution >= 0.6 is 35.3 Å². The summed E-state index contributed by atoms with van der Waals surface area (Å²) in [6, 6.07) is 0.142. The van der Waals surface area contributed by atoms with Crippen molar-refractivity contribution in [2.45, 2.75) is 139 Å². The van der Waals surface area contributed by atoms with E-state index < -0.39 is 139 Å². The highest BCUT2D eigenvalue weighted by molar-refractivity contribution is 8.19. The van der Waals surface area contributed by atoms with Crippen LogP contribution in [0.4, 0.5) is 0 Å². The maximum absolute atomic E-state index is 14.8. The molecule has 2 aromatic rings. The molecule has 4 aliphatic heterocycles. The Balaban J connectivity index is 1.30. The molecule has 2 unspecified atom stereocenters. The number of aromatic nitrogens is 1. The number of aromatic amines is 1.